The number of rotatable bonds is 8. The number of hydrogen-bond donors (Lipinski definition) is 0. The van der Waals surface area contributed by atoms with Gasteiger partial charge >= 0.3 is 0 Å². The van der Waals surface area contributed by atoms with Gasteiger partial charge in [-0.3, -0.25) is 10.1 Å². The van der Waals surface area contributed by atoms with E-state index in [4.69, 9.17) is 14.2 Å². The molecule has 21 heavy (non-hydrogen) atoms. The van der Waals surface area contributed by atoms with Crippen molar-refractivity contribution in [2.24, 2.45) is 0 Å². The molecule has 0 heterocycles. The molecule has 1 aromatic carbocycles. The van der Waals surface area contributed by atoms with Crippen LogP contribution in [0.3, 0.4) is 0 Å². The summed E-state index contributed by atoms with van der Waals surface area (Å²) >= 11 is 0. The molecule has 0 aliphatic rings. The van der Waals surface area contributed by atoms with Crippen LogP contribution in [0.4, 0.5) is 5.69 Å². The molecule has 0 fully saturated rings. The van der Waals surface area contributed by atoms with Crippen molar-refractivity contribution in [1.29, 1.82) is 0 Å². The zero-order chi connectivity index (χ0) is 16.0. The van der Waals surface area contributed by atoms with Gasteiger partial charge in [0.2, 0.25) is 0 Å². The molecule has 0 saturated heterocycles. The van der Waals surface area contributed by atoms with Gasteiger partial charge in [0, 0.05) is 19.6 Å². The summed E-state index contributed by atoms with van der Waals surface area (Å²) in [4.78, 5) is 10.8. The van der Waals surface area contributed by atoms with Crippen LogP contribution in [0.25, 0.3) is 0 Å². The van der Waals surface area contributed by atoms with Crippen molar-refractivity contribution in [3.8, 4) is 0 Å². The van der Waals surface area contributed by atoms with Crippen molar-refractivity contribution < 1.29 is 19.1 Å². The lowest BCUT2D eigenvalue weighted by molar-refractivity contribution is -0.386. The third-order valence-electron chi connectivity index (χ3n) is 3.10. The Hall–Kier alpha value is -1.92. The van der Waals surface area contributed by atoms with Crippen LogP contribution in [0.5, 0.6) is 0 Å². The number of hydrogen-bond acceptors (Lipinski definition) is 5. The number of nitro benzene ring substituents is 1. The highest BCUT2D eigenvalue weighted by molar-refractivity contribution is 5.41. The molecule has 0 spiro atoms. The van der Waals surface area contributed by atoms with Crippen LogP contribution >= 0.6 is 0 Å². The van der Waals surface area contributed by atoms with Gasteiger partial charge in [-0.05, 0) is 19.9 Å². The van der Waals surface area contributed by atoms with Crippen LogP contribution in [0.1, 0.15) is 31.9 Å². The molecule has 116 valence electrons. The van der Waals surface area contributed by atoms with Crippen molar-refractivity contribution in [1.82, 2.24) is 0 Å². The molecule has 1 aromatic rings. The molecule has 0 amide bonds. The van der Waals surface area contributed by atoms with E-state index in [1.807, 2.05) is 0 Å². The van der Waals surface area contributed by atoms with Gasteiger partial charge in [-0.25, -0.2) is 0 Å². The Balaban J connectivity index is 3.17. The summed E-state index contributed by atoms with van der Waals surface area (Å²) in [5, 5.41) is 11.2. The van der Waals surface area contributed by atoms with E-state index in [0.29, 0.717) is 17.7 Å². The van der Waals surface area contributed by atoms with Gasteiger partial charge in [0.1, 0.15) is 0 Å². The standard InChI is InChI=1S/C15H21NO5/c1-11(19-4)10-14(21-15(2,3)20-5)12-8-6-7-9-13(12)16(17)18/h6-9,14H,1,10H2,2-5H3. The van der Waals surface area contributed by atoms with E-state index in [1.165, 1.54) is 20.3 Å². The first-order valence-corrected chi connectivity index (χ1v) is 6.48. The Labute approximate surface area is 124 Å². The van der Waals surface area contributed by atoms with E-state index in [1.54, 1.807) is 32.0 Å². The van der Waals surface area contributed by atoms with Gasteiger partial charge in [0.15, 0.2) is 5.79 Å². The summed E-state index contributed by atoms with van der Waals surface area (Å²) in [6.07, 6.45) is -0.289. The summed E-state index contributed by atoms with van der Waals surface area (Å²) in [6.45, 7) is 7.24. The average molecular weight is 295 g/mol. The predicted molar refractivity (Wildman–Crippen MR) is 78.8 cm³/mol. The molecule has 0 N–H and O–H groups in total. The van der Waals surface area contributed by atoms with E-state index < -0.39 is 16.8 Å². The smallest absolute Gasteiger partial charge is 0.275 e. The minimum absolute atomic E-state index is 0.00157. The number of ether oxygens (including phenoxy) is 3. The second-order valence-corrected chi connectivity index (χ2v) is 4.97. The summed E-state index contributed by atoms with van der Waals surface area (Å²) in [7, 11) is 3.02. The van der Waals surface area contributed by atoms with Crippen molar-refractivity contribution >= 4 is 5.69 Å². The van der Waals surface area contributed by atoms with Crippen molar-refractivity contribution in [3.05, 3.63) is 52.3 Å². The van der Waals surface area contributed by atoms with Crippen molar-refractivity contribution in [2.75, 3.05) is 14.2 Å². The lowest BCUT2D eigenvalue weighted by Gasteiger charge is -2.29. The Kier molecular flexibility index (Phi) is 5.87. The predicted octanol–water partition coefficient (Wildman–Crippen LogP) is 3.59. The number of nitro groups is 1. The van der Waals surface area contributed by atoms with E-state index >= 15 is 0 Å². The lowest BCUT2D eigenvalue weighted by atomic mass is 10.0. The zero-order valence-corrected chi connectivity index (χ0v) is 12.8. The monoisotopic (exact) mass is 295 g/mol. The molecule has 1 unspecified atom stereocenters. The molecule has 6 nitrogen and oxygen atoms in total. The molecular weight excluding hydrogens is 274 g/mol. The van der Waals surface area contributed by atoms with Gasteiger partial charge in [-0.2, -0.15) is 0 Å². The van der Waals surface area contributed by atoms with Gasteiger partial charge in [-0.15, -0.1) is 0 Å². The van der Waals surface area contributed by atoms with Gasteiger partial charge < -0.3 is 14.2 Å². The van der Waals surface area contributed by atoms with Gasteiger partial charge in [0.05, 0.1) is 29.5 Å². The van der Waals surface area contributed by atoms with Crippen LogP contribution in [0, 0.1) is 10.1 Å². The fourth-order valence-corrected chi connectivity index (χ4v) is 1.82. The summed E-state index contributed by atoms with van der Waals surface area (Å²) in [5.74, 6) is -0.410. The Morgan fingerprint density at radius 2 is 2.00 bits per heavy atom. The van der Waals surface area contributed by atoms with Gasteiger partial charge in [-0.1, -0.05) is 18.7 Å². The molecule has 0 aromatic heterocycles. The molecule has 0 radical (unpaired) electrons. The number of benzene rings is 1. The van der Waals surface area contributed by atoms with Crippen LogP contribution < -0.4 is 0 Å². The summed E-state index contributed by atoms with van der Waals surface area (Å²) in [5.41, 5.74) is 0.462. The summed E-state index contributed by atoms with van der Waals surface area (Å²) < 4.78 is 16.2. The van der Waals surface area contributed by atoms with Crippen LogP contribution in [-0.2, 0) is 14.2 Å². The second-order valence-electron chi connectivity index (χ2n) is 4.97. The number of methoxy groups -OCH3 is 2. The normalized spacial score (nSPS) is 12.8. The third kappa shape index (κ3) is 4.84. The molecule has 0 aliphatic heterocycles. The molecule has 1 atom stereocenters. The largest absolute Gasteiger partial charge is 0.502 e. The third-order valence-corrected chi connectivity index (χ3v) is 3.10. The van der Waals surface area contributed by atoms with Crippen LogP contribution in [0.2, 0.25) is 0 Å². The minimum atomic E-state index is -0.887. The minimum Gasteiger partial charge on any atom is -0.502 e. The molecular formula is C15H21NO5. The zero-order valence-electron chi connectivity index (χ0n) is 12.8. The highest BCUT2D eigenvalue weighted by Crippen LogP contribution is 2.35. The molecule has 0 saturated carbocycles. The molecule has 0 aliphatic carbocycles. The lowest BCUT2D eigenvalue weighted by Crippen LogP contribution is -2.29. The Morgan fingerprint density at radius 1 is 1.38 bits per heavy atom. The number of nitrogens with zero attached hydrogens (tertiary/aromatic N) is 1. The van der Waals surface area contributed by atoms with E-state index in [2.05, 4.69) is 6.58 Å². The average Bonchev–Trinajstić information content (AvgIpc) is 2.46. The maximum atomic E-state index is 11.2. The van der Waals surface area contributed by atoms with Gasteiger partial charge in [0.25, 0.3) is 5.69 Å². The molecule has 6 heteroatoms. The summed E-state index contributed by atoms with van der Waals surface area (Å²) in [6, 6.07) is 6.46. The molecule has 1 rings (SSSR count). The first-order chi connectivity index (χ1) is 9.80. The topological polar surface area (TPSA) is 70.8 Å². The van der Waals surface area contributed by atoms with Crippen molar-refractivity contribution in [2.45, 2.75) is 32.2 Å². The fourth-order valence-electron chi connectivity index (χ4n) is 1.82. The SMILES string of the molecule is C=C(CC(OC(C)(C)OC)c1ccccc1[N+](=O)[O-])OC. The quantitative estimate of drug-likeness (QED) is 0.317. The van der Waals surface area contributed by atoms with E-state index in [9.17, 15) is 10.1 Å². The molecule has 0 bridgehead atoms. The van der Waals surface area contributed by atoms with Crippen LogP contribution in [-0.4, -0.2) is 24.9 Å². The first-order valence-electron chi connectivity index (χ1n) is 6.48. The maximum absolute atomic E-state index is 11.2. The van der Waals surface area contributed by atoms with E-state index in [0.717, 1.165) is 0 Å². The second kappa shape index (κ2) is 7.19. The first kappa shape index (κ1) is 17.1. The maximum Gasteiger partial charge on any atom is 0.275 e. The highest BCUT2D eigenvalue weighted by Gasteiger charge is 2.29. The Morgan fingerprint density at radius 3 is 2.52 bits per heavy atom. The van der Waals surface area contributed by atoms with E-state index in [-0.39, 0.29) is 5.69 Å². The fraction of sp³-hybridized carbons (Fsp3) is 0.467. The Bertz CT molecular complexity index is 513. The van der Waals surface area contributed by atoms with Crippen LogP contribution in [0.15, 0.2) is 36.6 Å². The highest BCUT2D eigenvalue weighted by atomic mass is 16.7. The number of para-hydroxylation sites is 1. The van der Waals surface area contributed by atoms with Crippen molar-refractivity contribution in [3.63, 3.8) is 0 Å².